The number of halogens is 1. The molecule has 1 unspecified atom stereocenters. The van der Waals surface area contributed by atoms with E-state index < -0.39 is 0 Å². The van der Waals surface area contributed by atoms with Crippen molar-refractivity contribution in [3.05, 3.63) is 69.6 Å². The van der Waals surface area contributed by atoms with Gasteiger partial charge in [-0.15, -0.1) is 0 Å². The number of nitrogens with zero attached hydrogens (tertiary/aromatic N) is 3. The van der Waals surface area contributed by atoms with Crippen molar-refractivity contribution in [1.82, 2.24) is 19.4 Å². The second-order valence-electron chi connectivity index (χ2n) is 8.64. The molecule has 0 saturated carbocycles. The van der Waals surface area contributed by atoms with E-state index in [2.05, 4.69) is 4.98 Å². The zero-order valence-electron chi connectivity index (χ0n) is 17.7. The summed E-state index contributed by atoms with van der Waals surface area (Å²) in [4.78, 5) is 44.6. The number of benzene rings is 2. The lowest BCUT2D eigenvalue weighted by atomic mass is 10.0. The van der Waals surface area contributed by atoms with Gasteiger partial charge in [-0.1, -0.05) is 41.9 Å². The van der Waals surface area contributed by atoms with E-state index in [1.54, 1.807) is 4.90 Å². The van der Waals surface area contributed by atoms with Crippen LogP contribution >= 0.6 is 11.6 Å². The zero-order valence-corrected chi connectivity index (χ0v) is 18.4. The molecule has 2 amide bonds. The highest BCUT2D eigenvalue weighted by atomic mass is 35.5. The Hall–Kier alpha value is -3.06. The van der Waals surface area contributed by atoms with E-state index in [0.717, 1.165) is 29.4 Å². The van der Waals surface area contributed by atoms with Gasteiger partial charge in [0.2, 0.25) is 11.8 Å². The molecular formula is C24H25ClN4O3. The van der Waals surface area contributed by atoms with Crippen LogP contribution < -0.4 is 5.69 Å². The lowest BCUT2D eigenvalue weighted by Gasteiger charge is -2.34. The van der Waals surface area contributed by atoms with Gasteiger partial charge in [-0.25, -0.2) is 4.79 Å². The normalized spacial score (nSPS) is 19.8. The van der Waals surface area contributed by atoms with Gasteiger partial charge in [0.1, 0.15) is 0 Å². The Bertz CT molecular complexity index is 1230. The van der Waals surface area contributed by atoms with Gasteiger partial charge in [-0.05, 0) is 36.6 Å². The van der Waals surface area contributed by atoms with E-state index in [9.17, 15) is 14.4 Å². The molecule has 8 heteroatoms. The van der Waals surface area contributed by atoms with Crippen LogP contribution in [-0.2, 0) is 16.1 Å². The molecule has 7 nitrogen and oxygen atoms in total. The Labute approximate surface area is 190 Å². The number of carbonyl (C=O) groups excluding carboxylic acids is 2. The number of imidazole rings is 1. The van der Waals surface area contributed by atoms with Crippen molar-refractivity contribution in [2.75, 3.05) is 19.6 Å². The zero-order chi connectivity index (χ0) is 22.2. The quantitative estimate of drug-likeness (QED) is 0.660. The van der Waals surface area contributed by atoms with Crippen LogP contribution in [0.1, 0.15) is 30.9 Å². The van der Waals surface area contributed by atoms with Crippen LogP contribution in [0.25, 0.3) is 11.0 Å². The number of piperidine rings is 1. The first-order valence-electron chi connectivity index (χ1n) is 11.0. The maximum atomic E-state index is 13.1. The summed E-state index contributed by atoms with van der Waals surface area (Å²) in [5.74, 6) is -0.300. The number of hydrogen-bond donors (Lipinski definition) is 1. The first-order valence-corrected chi connectivity index (χ1v) is 11.4. The Morgan fingerprint density at radius 2 is 1.75 bits per heavy atom. The summed E-state index contributed by atoms with van der Waals surface area (Å²) in [5, 5.41) is 0.629. The number of fused-ring (bicyclic) bond motifs is 1. The average molecular weight is 453 g/mol. The fourth-order valence-corrected chi connectivity index (χ4v) is 5.16. The predicted molar refractivity (Wildman–Crippen MR) is 122 cm³/mol. The molecule has 0 radical (unpaired) electrons. The summed E-state index contributed by atoms with van der Waals surface area (Å²) in [6.07, 6.45) is 1.68. The summed E-state index contributed by atoms with van der Waals surface area (Å²) in [6, 6.07) is 15.2. The molecule has 3 aromatic rings. The number of rotatable bonds is 4. The first kappa shape index (κ1) is 20.8. The summed E-state index contributed by atoms with van der Waals surface area (Å²) in [6.45, 7) is 2.02. The SMILES string of the molecule is O=C1CC(C(=O)N2CCC(n3c(=O)[nH]c4ccccc43)CC2)CN1Cc1ccccc1Cl. The predicted octanol–water partition coefficient (Wildman–Crippen LogP) is 3.20. The summed E-state index contributed by atoms with van der Waals surface area (Å²) < 4.78 is 1.82. The third-order valence-corrected chi connectivity index (χ3v) is 7.02. The molecule has 166 valence electrons. The molecule has 0 bridgehead atoms. The fraction of sp³-hybridized carbons (Fsp3) is 0.375. The maximum Gasteiger partial charge on any atom is 0.326 e. The molecule has 0 spiro atoms. The Balaban J connectivity index is 1.22. The van der Waals surface area contributed by atoms with E-state index in [4.69, 9.17) is 11.6 Å². The van der Waals surface area contributed by atoms with Gasteiger partial charge in [0.05, 0.1) is 17.0 Å². The van der Waals surface area contributed by atoms with Gasteiger partial charge in [0.25, 0.3) is 0 Å². The number of carbonyl (C=O) groups is 2. The van der Waals surface area contributed by atoms with E-state index in [1.807, 2.05) is 58.0 Å². The second-order valence-corrected chi connectivity index (χ2v) is 9.05. The molecular weight excluding hydrogens is 428 g/mol. The third-order valence-electron chi connectivity index (χ3n) is 6.65. The van der Waals surface area contributed by atoms with Crippen LogP contribution in [0.3, 0.4) is 0 Å². The van der Waals surface area contributed by atoms with Gasteiger partial charge < -0.3 is 14.8 Å². The number of aromatic nitrogens is 2. The Kier molecular flexibility index (Phi) is 5.51. The van der Waals surface area contributed by atoms with Gasteiger partial charge >= 0.3 is 5.69 Å². The number of amides is 2. The smallest absolute Gasteiger partial charge is 0.326 e. The van der Waals surface area contributed by atoms with Crippen molar-refractivity contribution >= 4 is 34.4 Å². The largest absolute Gasteiger partial charge is 0.342 e. The molecule has 32 heavy (non-hydrogen) atoms. The van der Waals surface area contributed by atoms with Gasteiger partial charge in [0.15, 0.2) is 0 Å². The van der Waals surface area contributed by atoms with Crippen molar-refractivity contribution in [3.8, 4) is 0 Å². The first-order chi connectivity index (χ1) is 15.5. The van der Waals surface area contributed by atoms with Crippen LogP contribution in [0.5, 0.6) is 0 Å². The monoisotopic (exact) mass is 452 g/mol. The number of likely N-dealkylation sites (tertiary alicyclic amines) is 2. The highest BCUT2D eigenvalue weighted by Crippen LogP contribution is 2.29. The molecule has 2 aliphatic heterocycles. The summed E-state index contributed by atoms with van der Waals surface area (Å²) >= 11 is 6.23. The second kappa shape index (κ2) is 8.47. The lowest BCUT2D eigenvalue weighted by Crippen LogP contribution is -2.43. The van der Waals surface area contributed by atoms with E-state index in [1.165, 1.54) is 0 Å². The van der Waals surface area contributed by atoms with E-state index >= 15 is 0 Å². The summed E-state index contributed by atoms with van der Waals surface area (Å²) in [7, 11) is 0. The van der Waals surface area contributed by atoms with Crippen molar-refractivity contribution < 1.29 is 9.59 Å². The van der Waals surface area contributed by atoms with Gasteiger partial charge in [0, 0.05) is 43.7 Å². The molecule has 0 aliphatic carbocycles. The standard InChI is InChI=1S/C24H25ClN4O3/c25-19-6-2-1-5-16(19)14-28-15-17(13-22(28)30)23(31)27-11-9-18(10-12-27)29-21-8-4-3-7-20(21)26-24(29)32/h1-8,17-18H,9-15H2,(H,26,32). The lowest BCUT2D eigenvalue weighted by molar-refractivity contribution is -0.137. The molecule has 2 aromatic carbocycles. The molecule has 2 fully saturated rings. The minimum atomic E-state index is -0.322. The summed E-state index contributed by atoms with van der Waals surface area (Å²) in [5.41, 5.74) is 2.52. The van der Waals surface area contributed by atoms with Crippen LogP contribution in [0.15, 0.2) is 53.3 Å². The van der Waals surface area contributed by atoms with E-state index in [-0.39, 0.29) is 35.9 Å². The molecule has 3 heterocycles. The van der Waals surface area contributed by atoms with Crippen LogP contribution in [0.2, 0.25) is 5.02 Å². The average Bonchev–Trinajstić information content (AvgIpc) is 3.33. The number of H-pyrrole nitrogens is 1. The number of hydrogen-bond acceptors (Lipinski definition) is 3. The number of nitrogens with one attached hydrogen (secondary N) is 1. The fourth-order valence-electron chi connectivity index (χ4n) is 4.96. The van der Waals surface area contributed by atoms with Crippen molar-refractivity contribution in [2.45, 2.75) is 31.8 Å². The highest BCUT2D eigenvalue weighted by Gasteiger charge is 2.38. The minimum Gasteiger partial charge on any atom is -0.342 e. The van der Waals surface area contributed by atoms with Crippen molar-refractivity contribution in [2.24, 2.45) is 5.92 Å². The van der Waals surface area contributed by atoms with Crippen LogP contribution in [0, 0.1) is 5.92 Å². The number of aromatic amines is 1. The Morgan fingerprint density at radius 1 is 1.03 bits per heavy atom. The third kappa shape index (κ3) is 3.81. The molecule has 2 saturated heterocycles. The van der Waals surface area contributed by atoms with Gasteiger partial charge in [-0.3, -0.25) is 14.2 Å². The Morgan fingerprint density at radius 3 is 2.53 bits per heavy atom. The van der Waals surface area contributed by atoms with Crippen molar-refractivity contribution in [3.63, 3.8) is 0 Å². The maximum absolute atomic E-state index is 13.1. The van der Waals surface area contributed by atoms with Crippen molar-refractivity contribution in [1.29, 1.82) is 0 Å². The highest BCUT2D eigenvalue weighted by molar-refractivity contribution is 6.31. The number of para-hydroxylation sites is 2. The topological polar surface area (TPSA) is 78.4 Å². The molecule has 1 atom stereocenters. The van der Waals surface area contributed by atoms with Crippen LogP contribution in [-0.4, -0.2) is 50.8 Å². The molecule has 1 aromatic heterocycles. The molecule has 5 rings (SSSR count). The minimum absolute atomic E-state index is 0.0106. The molecule has 2 aliphatic rings. The van der Waals surface area contributed by atoms with Crippen LogP contribution in [0.4, 0.5) is 0 Å². The molecule has 1 N–H and O–H groups in total. The van der Waals surface area contributed by atoms with E-state index in [0.29, 0.717) is 31.2 Å². The van der Waals surface area contributed by atoms with Gasteiger partial charge in [-0.2, -0.15) is 0 Å².